The third-order valence-corrected chi connectivity index (χ3v) is 7.00. The molecule has 248 valence electrons. The van der Waals surface area contributed by atoms with Crippen molar-refractivity contribution in [2.45, 2.75) is 96.9 Å². The van der Waals surface area contributed by atoms with Crippen molar-refractivity contribution < 1.29 is 33.0 Å². The molecule has 2 aromatic carbocycles. The van der Waals surface area contributed by atoms with Gasteiger partial charge in [0.25, 0.3) is 0 Å². The Morgan fingerprint density at radius 1 is 0.800 bits per heavy atom. The van der Waals surface area contributed by atoms with Gasteiger partial charge in [0.1, 0.15) is 17.0 Å². The molecule has 1 saturated carbocycles. The lowest BCUT2D eigenvalue weighted by Gasteiger charge is -2.23. The second-order valence-corrected chi connectivity index (χ2v) is 13.7. The van der Waals surface area contributed by atoms with Crippen molar-refractivity contribution in [1.82, 2.24) is 10.6 Å². The number of ether oxygens (including phenoxy) is 2. The Morgan fingerprint density at radius 2 is 1.29 bits per heavy atom. The number of benzene rings is 2. The summed E-state index contributed by atoms with van der Waals surface area (Å²) in [6.07, 6.45) is 6.01. The van der Waals surface area contributed by atoms with Crippen LogP contribution in [0, 0.1) is 5.82 Å². The fourth-order valence-corrected chi connectivity index (χ4v) is 4.93. The maximum atomic E-state index is 12.5. The van der Waals surface area contributed by atoms with E-state index in [1.54, 1.807) is 18.2 Å². The van der Waals surface area contributed by atoms with Gasteiger partial charge in [0.15, 0.2) is 12.6 Å². The molecule has 4 rings (SSSR count). The zero-order valence-electron chi connectivity index (χ0n) is 26.8. The molecule has 0 unspecified atom stereocenters. The number of anilines is 1. The highest BCUT2D eigenvalue weighted by molar-refractivity contribution is 6.31. The van der Waals surface area contributed by atoms with Gasteiger partial charge in [-0.2, -0.15) is 0 Å². The predicted octanol–water partition coefficient (Wildman–Crippen LogP) is 8.00. The third kappa shape index (κ3) is 14.5. The molecule has 2 amide bonds. The number of hydrogen-bond acceptors (Lipinski definition) is 7. The van der Waals surface area contributed by atoms with Crippen LogP contribution in [-0.2, 0) is 9.47 Å². The number of carbonyl (C=O) groups excluding carboxylic acids is 4. The fraction of sp³-hybridized carbons (Fsp3) is 0.515. The number of nitrogens with one attached hydrogen (secondary N) is 2. The minimum absolute atomic E-state index is 0.00617. The summed E-state index contributed by atoms with van der Waals surface area (Å²) in [6, 6.07) is 9.43. The Labute approximate surface area is 275 Å². The predicted molar refractivity (Wildman–Crippen MR) is 175 cm³/mol. The number of aldehydes is 2. The van der Waals surface area contributed by atoms with Crippen molar-refractivity contribution in [3.05, 3.63) is 63.4 Å². The number of amides is 2. The van der Waals surface area contributed by atoms with Crippen LogP contribution in [0.5, 0.6) is 0 Å². The van der Waals surface area contributed by atoms with E-state index >= 15 is 0 Å². The molecule has 1 saturated heterocycles. The third-order valence-electron chi connectivity index (χ3n) is 6.53. The number of hydrogen-bond donors (Lipinski definition) is 2. The molecule has 12 heteroatoms. The topological polar surface area (TPSA) is 114 Å². The van der Waals surface area contributed by atoms with Gasteiger partial charge in [-0.3, -0.25) is 9.59 Å². The minimum atomic E-state index is -0.581. The summed E-state index contributed by atoms with van der Waals surface area (Å²) in [6.45, 7) is 12.5. The van der Waals surface area contributed by atoms with E-state index < -0.39 is 17.5 Å². The number of nitrogens with zero attached hydrogens (tertiary/aromatic N) is 1. The molecule has 2 aromatic rings. The zero-order valence-corrected chi connectivity index (χ0v) is 28.3. The second kappa shape index (κ2) is 17.4. The quantitative estimate of drug-likeness (QED) is 0.311. The van der Waals surface area contributed by atoms with Crippen LogP contribution in [0.1, 0.15) is 94.4 Å². The Hall–Kier alpha value is -3.37. The highest BCUT2D eigenvalue weighted by Gasteiger charge is 2.27. The van der Waals surface area contributed by atoms with Crippen LogP contribution in [0.2, 0.25) is 10.0 Å². The van der Waals surface area contributed by atoms with Crippen molar-refractivity contribution in [3.63, 3.8) is 0 Å². The van der Waals surface area contributed by atoms with Gasteiger partial charge in [-0.05, 0) is 97.2 Å². The highest BCUT2D eigenvalue weighted by atomic mass is 35.5. The SMILES string of the molecule is CC(C)(C)OC(=O)NC1CCCC1.CC(C)(C)OC(=O)N[C@@H]1CCN(c2cc(Cl)ccc2C=O)C1.O=Cc1ccc(Cl)cc1F. The van der Waals surface area contributed by atoms with Crippen molar-refractivity contribution in [3.8, 4) is 0 Å². The summed E-state index contributed by atoms with van der Waals surface area (Å²) < 4.78 is 22.9. The summed E-state index contributed by atoms with van der Waals surface area (Å²) in [7, 11) is 0. The van der Waals surface area contributed by atoms with Crippen LogP contribution >= 0.6 is 23.2 Å². The summed E-state index contributed by atoms with van der Waals surface area (Å²) in [5.41, 5.74) is 0.533. The van der Waals surface area contributed by atoms with Gasteiger partial charge >= 0.3 is 12.2 Å². The second-order valence-electron chi connectivity index (χ2n) is 12.8. The molecule has 1 aliphatic carbocycles. The fourth-order valence-electron chi connectivity index (χ4n) is 4.60. The van der Waals surface area contributed by atoms with Crippen LogP contribution in [0.15, 0.2) is 36.4 Å². The lowest BCUT2D eigenvalue weighted by Crippen LogP contribution is -2.40. The minimum Gasteiger partial charge on any atom is -0.444 e. The van der Waals surface area contributed by atoms with Gasteiger partial charge in [-0.25, -0.2) is 14.0 Å². The monoisotopic (exact) mass is 667 g/mol. The Morgan fingerprint density at radius 3 is 1.78 bits per heavy atom. The molecule has 1 aliphatic heterocycles. The number of alkyl carbamates (subject to hydrolysis) is 2. The normalized spacial score (nSPS) is 16.4. The van der Waals surface area contributed by atoms with Crippen LogP contribution in [0.4, 0.5) is 19.7 Å². The Balaban J connectivity index is 0.000000259. The highest BCUT2D eigenvalue weighted by Crippen LogP contribution is 2.27. The largest absolute Gasteiger partial charge is 0.444 e. The summed E-state index contributed by atoms with van der Waals surface area (Å²) in [5.74, 6) is -0.581. The molecule has 45 heavy (non-hydrogen) atoms. The average Bonchev–Trinajstić information content (AvgIpc) is 3.59. The molecule has 2 N–H and O–H groups in total. The van der Waals surface area contributed by atoms with Gasteiger partial charge in [0.05, 0.1) is 11.6 Å². The maximum Gasteiger partial charge on any atom is 0.407 e. The summed E-state index contributed by atoms with van der Waals surface area (Å²) in [5, 5.41) is 6.62. The Kier molecular flexibility index (Phi) is 14.6. The van der Waals surface area contributed by atoms with Crippen LogP contribution in [-0.4, -0.2) is 61.1 Å². The molecule has 0 bridgehead atoms. The number of carbonyl (C=O) groups is 4. The average molecular weight is 669 g/mol. The van der Waals surface area contributed by atoms with Gasteiger partial charge in [0.2, 0.25) is 0 Å². The molecule has 9 nitrogen and oxygen atoms in total. The van der Waals surface area contributed by atoms with E-state index in [2.05, 4.69) is 15.5 Å². The van der Waals surface area contributed by atoms with E-state index in [4.69, 9.17) is 32.7 Å². The van der Waals surface area contributed by atoms with Gasteiger partial charge in [-0.1, -0.05) is 36.0 Å². The molecule has 2 aliphatic rings. The van der Waals surface area contributed by atoms with Crippen LogP contribution in [0.3, 0.4) is 0 Å². The van der Waals surface area contributed by atoms with E-state index in [-0.39, 0.29) is 23.3 Å². The first-order valence-corrected chi connectivity index (χ1v) is 15.6. The van der Waals surface area contributed by atoms with Gasteiger partial charge in [-0.15, -0.1) is 0 Å². The first-order valence-electron chi connectivity index (χ1n) is 14.9. The molecule has 0 spiro atoms. The molecule has 0 aromatic heterocycles. The Bertz CT molecular complexity index is 1310. The van der Waals surface area contributed by atoms with E-state index in [1.807, 2.05) is 41.5 Å². The van der Waals surface area contributed by atoms with Crippen molar-refractivity contribution in [1.29, 1.82) is 0 Å². The lowest BCUT2D eigenvalue weighted by molar-refractivity contribution is 0.0495. The molecule has 0 radical (unpaired) electrons. The van der Waals surface area contributed by atoms with E-state index in [9.17, 15) is 23.6 Å². The molecule has 2 fully saturated rings. The number of halogens is 3. The van der Waals surface area contributed by atoms with Crippen LogP contribution < -0.4 is 15.5 Å². The van der Waals surface area contributed by atoms with E-state index in [1.165, 1.54) is 25.0 Å². The van der Waals surface area contributed by atoms with E-state index in [0.717, 1.165) is 43.8 Å². The first-order chi connectivity index (χ1) is 21.0. The maximum absolute atomic E-state index is 12.5. The summed E-state index contributed by atoms with van der Waals surface area (Å²) >= 11 is 11.4. The van der Waals surface area contributed by atoms with Crippen molar-refractivity contribution >= 4 is 53.6 Å². The molecule has 1 atom stereocenters. The number of rotatable bonds is 5. The van der Waals surface area contributed by atoms with Crippen LogP contribution in [0.25, 0.3) is 0 Å². The van der Waals surface area contributed by atoms with Crippen molar-refractivity contribution in [2.75, 3.05) is 18.0 Å². The summed E-state index contributed by atoms with van der Waals surface area (Å²) in [4.78, 5) is 46.3. The standard InChI is InChI=1S/C16H21ClN2O3.C10H19NO2.C7H4ClFO/c1-16(2,3)22-15(21)18-13-6-7-19(9-13)14-8-12(17)5-4-11(14)10-20;1-10(2,3)13-9(12)11-8-6-4-5-7-8;8-6-2-1-5(4-10)7(9)3-6/h4-5,8,10,13H,6-7,9H2,1-3H3,(H,18,21);8H,4-7H2,1-3H3,(H,11,12);1-4H/t13-;;/m1../s1. The van der Waals surface area contributed by atoms with Gasteiger partial charge in [0, 0.05) is 40.4 Å². The molecular weight excluding hydrogens is 624 g/mol. The van der Waals surface area contributed by atoms with Crippen molar-refractivity contribution in [2.24, 2.45) is 0 Å². The van der Waals surface area contributed by atoms with E-state index in [0.29, 0.717) is 34.5 Å². The van der Waals surface area contributed by atoms with Gasteiger partial charge < -0.3 is 25.0 Å². The zero-order chi connectivity index (χ0) is 33.8. The molecule has 1 heterocycles. The smallest absolute Gasteiger partial charge is 0.407 e. The lowest BCUT2D eigenvalue weighted by atomic mass is 10.2. The molecular formula is C33H44Cl2FN3O6. The first kappa shape index (κ1) is 37.8.